The predicted molar refractivity (Wildman–Crippen MR) is 76.4 cm³/mol. The van der Waals surface area contributed by atoms with Crippen molar-refractivity contribution in [2.75, 3.05) is 13.2 Å². The van der Waals surface area contributed by atoms with Crippen LogP contribution in [0.3, 0.4) is 0 Å². The summed E-state index contributed by atoms with van der Waals surface area (Å²) in [5.74, 6) is 0.535. The molecule has 0 aromatic heterocycles. The van der Waals surface area contributed by atoms with Crippen LogP contribution in [0, 0.1) is 5.92 Å². The Morgan fingerprint density at radius 3 is 2.44 bits per heavy atom. The molecule has 3 nitrogen and oxygen atoms in total. The molecule has 1 unspecified atom stereocenters. The number of hydrogen-bond donors (Lipinski definition) is 1. The molecule has 0 amide bonds. The zero-order valence-corrected chi connectivity index (χ0v) is 12.2. The Balaban J connectivity index is 3.41. The standard InChI is InChI=1S/C15H31NO2/c1-3-5-6-7-8-13-18-15(17)10-9-14(4-2)11-12-16/h14H,3-13,16H2,1-2H3. The Bertz CT molecular complexity index is 195. The minimum Gasteiger partial charge on any atom is -0.466 e. The lowest BCUT2D eigenvalue weighted by Crippen LogP contribution is -2.12. The van der Waals surface area contributed by atoms with E-state index in [1.165, 1.54) is 25.7 Å². The van der Waals surface area contributed by atoms with Gasteiger partial charge < -0.3 is 10.5 Å². The number of ether oxygens (including phenoxy) is 1. The van der Waals surface area contributed by atoms with E-state index in [1.54, 1.807) is 0 Å². The average molecular weight is 257 g/mol. The first-order valence-corrected chi connectivity index (χ1v) is 7.60. The molecule has 0 aromatic carbocycles. The fraction of sp³-hybridized carbons (Fsp3) is 0.933. The summed E-state index contributed by atoms with van der Waals surface area (Å²) in [5, 5.41) is 0. The fourth-order valence-electron chi connectivity index (χ4n) is 2.07. The summed E-state index contributed by atoms with van der Waals surface area (Å²) in [5.41, 5.74) is 5.53. The number of carbonyl (C=O) groups is 1. The largest absolute Gasteiger partial charge is 0.466 e. The van der Waals surface area contributed by atoms with Crippen molar-refractivity contribution < 1.29 is 9.53 Å². The van der Waals surface area contributed by atoms with E-state index in [1.807, 2.05) is 0 Å². The first-order valence-electron chi connectivity index (χ1n) is 7.60. The summed E-state index contributed by atoms with van der Waals surface area (Å²) in [6, 6.07) is 0. The Kier molecular flexibility index (Phi) is 12.5. The third-order valence-corrected chi connectivity index (χ3v) is 3.42. The van der Waals surface area contributed by atoms with E-state index >= 15 is 0 Å². The lowest BCUT2D eigenvalue weighted by molar-refractivity contribution is -0.144. The van der Waals surface area contributed by atoms with Gasteiger partial charge in [-0.3, -0.25) is 4.79 Å². The Labute approximate surface area is 112 Å². The van der Waals surface area contributed by atoms with Gasteiger partial charge in [0.05, 0.1) is 6.61 Å². The van der Waals surface area contributed by atoms with Crippen LogP contribution in [0.2, 0.25) is 0 Å². The molecule has 0 heterocycles. The van der Waals surface area contributed by atoms with Gasteiger partial charge in [0, 0.05) is 6.42 Å². The molecule has 0 aliphatic heterocycles. The monoisotopic (exact) mass is 257 g/mol. The molecule has 0 fully saturated rings. The van der Waals surface area contributed by atoms with Crippen LogP contribution in [0.5, 0.6) is 0 Å². The molecule has 18 heavy (non-hydrogen) atoms. The van der Waals surface area contributed by atoms with Crippen molar-refractivity contribution in [2.24, 2.45) is 11.7 Å². The molecule has 108 valence electrons. The Hall–Kier alpha value is -0.570. The zero-order chi connectivity index (χ0) is 13.6. The van der Waals surface area contributed by atoms with Gasteiger partial charge in [-0.05, 0) is 31.7 Å². The second-order valence-electron chi connectivity index (χ2n) is 5.02. The molecule has 1 atom stereocenters. The van der Waals surface area contributed by atoms with Crippen molar-refractivity contribution in [3.05, 3.63) is 0 Å². The highest BCUT2D eigenvalue weighted by Gasteiger charge is 2.09. The van der Waals surface area contributed by atoms with Crippen molar-refractivity contribution >= 4 is 5.97 Å². The number of esters is 1. The zero-order valence-electron chi connectivity index (χ0n) is 12.2. The maximum atomic E-state index is 11.5. The lowest BCUT2D eigenvalue weighted by Gasteiger charge is -2.12. The van der Waals surface area contributed by atoms with Crippen LogP contribution in [0.1, 0.15) is 71.6 Å². The van der Waals surface area contributed by atoms with Crippen molar-refractivity contribution in [1.82, 2.24) is 0 Å². The molecule has 0 aliphatic rings. The molecule has 0 saturated carbocycles. The molecule has 0 radical (unpaired) electrons. The Morgan fingerprint density at radius 1 is 1.11 bits per heavy atom. The van der Waals surface area contributed by atoms with E-state index in [2.05, 4.69) is 13.8 Å². The molecule has 0 bridgehead atoms. The van der Waals surface area contributed by atoms with E-state index in [0.717, 1.165) is 25.7 Å². The van der Waals surface area contributed by atoms with E-state index in [-0.39, 0.29) is 5.97 Å². The van der Waals surface area contributed by atoms with Gasteiger partial charge in [0.25, 0.3) is 0 Å². The number of rotatable bonds is 12. The molecule has 0 saturated heterocycles. The maximum absolute atomic E-state index is 11.5. The highest BCUT2D eigenvalue weighted by Crippen LogP contribution is 2.15. The van der Waals surface area contributed by atoms with E-state index < -0.39 is 0 Å². The van der Waals surface area contributed by atoms with Crippen LogP contribution in [0.4, 0.5) is 0 Å². The molecular weight excluding hydrogens is 226 g/mol. The third kappa shape index (κ3) is 10.6. The molecule has 2 N–H and O–H groups in total. The van der Waals surface area contributed by atoms with Gasteiger partial charge in [-0.15, -0.1) is 0 Å². The normalized spacial score (nSPS) is 12.4. The molecule has 0 spiro atoms. The van der Waals surface area contributed by atoms with Crippen molar-refractivity contribution in [2.45, 2.75) is 71.6 Å². The predicted octanol–water partition coefficient (Wildman–Crippen LogP) is 3.66. The van der Waals surface area contributed by atoms with Crippen LogP contribution in [-0.2, 0) is 9.53 Å². The minimum absolute atomic E-state index is 0.0408. The topological polar surface area (TPSA) is 52.3 Å². The van der Waals surface area contributed by atoms with Gasteiger partial charge in [-0.1, -0.05) is 46.0 Å². The summed E-state index contributed by atoms with van der Waals surface area (Å²) in [7, 11) is 0. The second kappa shape index (κ2) is 12.9. The van der Waals surface area contributed by atoms with Gasteiger partial charge in [-0.2, -0.15) is 0 Å². The maximum Gasteiger partial charge on any atom is 0.305 e. The van der Waals surface area contributed by atoms with Gasteiger partial charge in [-0.25, -0.2) is 0 Å². The van der Waals surface area contributed by atoms with Crippen LogP contribution >= 0.6 is 0 Å². The van der Waals surface area contributed by atoms with Gasteiger partial charge in [0.1, 0.15) is 0 Å². The van der Waals surface area contributed by atoms with Crippen LogP contribution in [0.25, 0.3) is 0 Å². The summed E-state index contributed by atoms with van der Waals surface area (Å²) in [4.78, 5) is 11.5. The summed E-state index contributed by atoms with van der Waals surface area (Å²) < 4.78 is 5.23. The number of hydrogen-bond acceptors (Lipinski definition) is 3. The molecule has 0 aromatic rings. The molecular formula is C15H31NO2. The average Bonchev–Trinajstić information content (AvgIpc) is 2.38. The van der Waals surface area contributed by atoms with Crippen molar-refractivity contribution in [1.29, 1.82) is 0 Å². The number of carbonyl (C=O) groups excluding carboxylic acids is 1. The SMILES string of the molecule is CCCCCCCOC(=O)CCC(CC)CCN. The van der Waals surface area contributed by atoms with Crippen LogP contribution in [0.15, 0.2) is 0 Å². The van der Waals surface area contributed by atoms with Crippen LogP contribution < -0.4 is 5.73 Å². The first-order chi connectivity index (χ1) is 8.74. The number of nitrogens with two attached hydrogens (primary N) is 1. The summed E-state index contributed by atoms with van der Waals surface area (Å²) in [6.07, 6.45) is 9.54. The van der Waals surface area contributed by atoms with E-state index in [0.29, 0.717) is 25.5 Å². The van der Waals surface area contributed by atoms with Gasteiger partial charge in [0.2, 0.25) is 0 Å². The van der Waals surface area contributed by atoms with Crippen LogP contribution in [-0.4, -0.2) is 19.1 Å². The smallest absolute Gasteiger partial charge is 0.305 e. The highest BCUT2D eigenvalue weighted by atomic mass is 16.5. The van der Waals surface area contributed by atoms with Gasteiger partial charge in [0.15, 0.2) is 0 Å². The van der Waals surface area contributed by atoms with E-state index in [9.17, 15) is 4.79 Å². The Morgan fingerprint density at radius 2 is 1.83 bits per heavy atom. The quantitative estimate of drug-likeness (QED) is 0.429. The minimum atomic E-state index is -0.0408. The molecule has 3 heteroatoms. The molecule has 0 rings (SSSR count). The second-order valence-corrected chi connectivity index (χ2v) is 5.02. The summed E-state index contributed by atoms with van der Waals surface area (Å²) >= 11 is 0. The summed E-state index contributed by atoms with van der Waals surface area (Å²) in [6.45, 7) is 5.66. The molecule has 0 aliphatic carbocycles. The highest BCUT2D eigenvalue weighted by molar-refractivity contribution is 5.69. The number of unbranched alkanes of at least 4 members (excludes halogenated alkanes) is 4. The van der Waals surface area contributed by atoms with Crippen molar-refractivity contribution in [3.63, 3.8) is 0 Å². The third-order valence-electron chi connectivity index (χ3n) is 3.42. The van der Waals surface area contributed by atoms with Crippen molar-refractivity contribution in [3.8, 4) is 0 Å². The van der Waals surface area contributed by atoms with E-state index in [4.69, 9.17) is 10.5 Å². The first kappa shape index (κ1) is 17.4. The fourth-order valence-corrected chi connectivity index (χ4v) is 2.07. The lowest BCUT2D eigenvalue weighted by atomic mass is 9.97. The van der Waals surface area contributed by atoms with Gasteiger partial charge >= 0.3 is 5.97 Å².